The SMILES string of the molecule is O=[N+]([O-])c1cc(O)ccc1-c1cc(CCO)c[nH]1. The first-order valence-electron chi connectivity index (χ1n) is 5.37. The number of nitrogens with zero attached hydrogens (tertiary/aromatic N) is 1. The molecule has 0 aliphatic rings. The molecule has 0 spiro atoms. The third-order valence-electron chi connectivity index (χ3n) is 2.61. The Kier molecular flexibility index (Phi) is 3.29. The molecule has 94 valence electrons. The van der Waals surface area contributed by atoms with Crippen LogP contribution in [0.1, 0.15) is 5.56 Å². The van der Waals surface area contributed by atoms with Gasteiger partial charge >= 0.3 is 0 Å². The molecule has 0 radical (unpaired) electrons. The molecule has 1 aromatic heterocycles. The van der Waals surface area contributed by atoms with E-state index in [9.17, 15) is 15.2 Å². The zero-order valence-corrected chi connectivity index (χ0v) is 9.46. The molecule has 2 aromatic rings. The maximum atomic E-state index is 10.9. The predicted octanol–water partition coefficient (Wildman–Crippen LogP) is 1.83. The molecule has 0 aliphatic heterocycles. The topological polar surface area (TPSA) is 99.4 Å². The van der Waals surface area contributed by atoms with E-state index in [0.717, 1.165) is 11.6 Å². The number of benzene rings is 1. The van der Waals surface area contributed by atoms with Crippen LogP contribution in [0.5, 0.6) is 5.75 Å². The number of nitro groups is 1. The Morgan fingerprint density at radius 2 is 2.11 bits per heavy atom. The van der Waals surface area contributed by atoms with E-state index in [1.807, 2.05) is 0 Å². The number of aromatic hydroxyl groups is 1. The Balaban J connectivity index is 2.45. The van der Waals surface area contributed by atoms with Gasteiger partial charge in [-0.3, -0.25) is 10.1 Å². The first kappa shape index (κ1) is 12.1. The molecule has 0 unspecified atom stereocenters. The quantitative estimate of drug-likeness (QED) is 0.567. The van der Waals surface area contributed by atoms with Gasteiger partial charge in [-0.25, -0.2) is 0 Å². The number of nitro benzene ring substituents is 1. The van der Waals surface area contributed by atoms with E-state index in [4.69, 9.17) is 5.11 Å². The Morgan fingerprint density at radius 1 is 1.33 bits per heavy atom. The van der Waals surface area contributed by atoms with Gasteiger partial charge in [-0.15, -0.1) is 0 Å². The van der Waals surface area contributed by atoms with Crippen LogP contribution in [0.25, 0.3) is 11.3 Å². The van der Waals surface area contributed by atoms with Gasteiger partial charge in [0.25, 0.3) is 5.69 Å². The van der Waals surface area contributed by atoms with Gasteiger partial charge in [-0.1, -0.05) is 0 Å². The third kappa shape index (κ3) is 2.33. The summed E-state index contributed by atoms with van der Waals surface area (Å²) in [7, 11) is 0. The summed E-state index contributed by atoms with van der Waals surface area (Å²) < 4.78 is 0. The normalized spacial score (nSPS) is 10.5. The first-order chi connectivity index (χ1) is 8.61. The summed E-state index contributed by atoms with van der Waals surface area (Å²) in [5.41, 5.74) is 1.70. The average Bonchev–Trinajstić information content (AvgIpc) is 2.78. The van der Waals surface area contributed by atoms with Crippen LogP contribution in [0.15, 0.2) is 30.5 Å². The lowest BCUT2D eigenvalue weighted by atomic mass is 10.1. The predicted molar refractivity (Wildman–Crippen MR) is 65.3 cm³/mol. The van der Waals surface area contributed by atoms with Gasteiger partial charge in [0.1, 0.15) is 5.75 Å². The number of phenolic OH excluding ortho intramolecular Hbond substituents is 1. The third-order valence-corrected chi connectivity index (χ3v) is 2.61. The van der Waals surface area contributed by atoms with Crippen LogP contribution < -0.4 is 0 Å². The van der Waals surface area contributed by atoms with E-state index < -0.39 is 4.92 Å². The van der Waals surface area contributed by atoms with Crippen molar-refractivity contribution in [1.29, 1.82) is 0 Å². The minimum atomic E-state index is -0.540. The fourth-order valence-corrected chi connectivity index (χ4v) is 1.77. The van der Waals surface area contributed by atoms with Crippen molar-refractivity contribution in [2.45, 2.75) is 6.42 Å². The Hall–Kier alpha value is -2.34. The van der Waals surface area contributed by atoms with Crippen LogP contribution in [-0.2, 0) is 6.42 Å². The Labute approximate surface area is 103 Å². The fourth-order valence-electron chi connectivity index (χ4n) is 1.77. The highest BCUT2D eigenvalue weighted by Crippen LogP contribution is 2.32. The lowest BCUT2D eigenvalue weighted by Crippen LogP contribution is -1.91. The lowest BCUT2D eigenvalue weighted by Gasteiger charge is -2.01. The summed E-state index contributed by atoms with van der Waals surface area (Å²) >= 11 is 0. The second-order valence-corrected chi connectivity index (χ2v) is 3.85. The standard InChI is InChI=1S/C12H12N2O4/c15-4-3-8-5-11(13-7-8)10-2-1-9(16)6-12(10)14(17)18/h1-2,5-7,13,15-16H,3-4H2. The number of aromatic amines is 1. The lowest BCUT2D eigenvalue weighted by molar-refractivity contribution is -0.384. The van der Waals surface area contributed by atoms with E-state index >= 15 is 0 Å². The van der Waals surface area contributed by atoms with E-state index in [1.54, 1.807) is 12.3 Å². The minimum Gasteiger partial charge on any atom is -0.508 e. The molecule has 1 heterocycles. The van der Waals surface area contributed by atoms with Gasteiger partial charge in [-0.05, 0) is 30.2 Å². The van der Waals surface area contributed by atoms with Crippen molar-refractivity contribution in [2.75, 3.05) is 6.61 Å². The van der Waals surface area contributed by atoms with E-state index in [1.165, 1.54) is 12.1 Å². The number of nitrogens with one attached hydrogen (secondary N) is 1. The smallest absolute Gasteiger partial charge is 0.282 e. The molecule has 1 aromatic carbocycles. The molecule has 0 amide bonds. The number of aliphatic hydroxyl groups excluding tert-OH is 1. The molecular formula is C12H12N2O4. The van der Waals surface area contributed by atoms with E-state index in [2.05, 4.69) is 4.98 Å². The largest absolute Gasteiger partial charge is 0.508 e. The first-order valence-corrected chi connectivity index (χ1v) is 5.37. The van der Waals surface area contributed by atoms with E-state index in [-0.39, 0.29) is 18.0 Å². The molecule has 0 bridgehead atoms. The summed E-state index contributed by atoms with van der Waals surface area (Å²) in [6.45, 7) is 0.0228. The molecule has 2 rings (SSSR count). The van der Waals surface area contributed by atoms with Crippen molar-refractivity contribution in [3.05, 3.63) is 46.1 Å². The van der Waals surface area contributed by atoms with Gasteiger partial charge in [0.2, 0.25) is 0 Å². The van der Waals surface area contributed by atoms with E-state index in [0.29, 0.717) is 17.7 Å². The summed E-state index contributed by atoms with van der Waals surface area (Å²) in [5.74, 6) is -0.146. The molecule has 6 heteroatoms. The highest BCUT2D eigenvalue weighted by Gasteiger charge is 2.17. The second-order valence-electron chi connectivity index (χ2n) is 3.85. The Morgan fingerprint density at radius 3 is 2.78 bits per heavy atom. The number of phenols is 1. The number of aromatic nitrogens is 1. The molecule has 0 saturated heterocycles. The van der Waals surface area contributed by atoms with Crippen LogP contribution in [0, 0.1) is 10.1 Å². The van der Waals surface area contributed by atoms with Crippen LogP contribution in [0.4, 0.5) is 5.69 Å². The molecule has 6 nitrogen and oxygen atoms in total. The second kappa shape index (κ2) is 4.89. The highest BCUT2D eigenvalue weighted by molar-refractivity contribution is 5.72. The van der Waals surface area contributed by atoms with Crippen LogP contribution in [0.2, 0.25) is 0 Å². The van der Waals surface area contributed by atoms with Crippen molar-refractivity contribution < 1.29 is 15.1 Å². The number of hydrogen-bond donors (Lipinski definition) is 3. The molecule has 3 N–H and O–H groups in total. The number of rotatable bonds is 4. The van der Waals surface area contributed by atoms with Gasteiger partial charge in [0.05, 0.1) is 22.2 Å². The average molecular weight is 248 g/mol. The summed E-state index contributed by atoms with van der Waals surface area (Å²) in [5, 5.41) is 29.0. The molecule has 0 aliphatic carbocycles. The molecule has 0 atom stereocenters. The van der Waals surface area contributed by atoms with Crippen molar-refractivity contribution in [3.8, 4) is 17.0 Å². The molecule has 18 heavy (non-hydrogen) atoms. The number of H-pyrrole nitrogens is 1. The zero-order chi connectivity index (χ0) is 13.1. The minimum absolute atomic E-state index is 0.0228. The fraction of sp³-hybridized carbons (Fsp3) is 0.167. The van der Waals surface area contributed by atoms with Gasteiger partial charge in [-0.2, -0.15) is 0 Å². The zero-order valence-electron chi connectivity index (χ0n) is 9.46. The van der Waals surface area contributed by atoms with Crippen molar-refractivity contribution in [3.63, 3.8) is 0 Å². The maximum absolute atomic E-state index is 10.9. The van der Waals surface area contributed by atoms with Crippen molar-refractivity contribution >= 4 is 5.69 Å². The monoisotopic (exact) mass is 248 g/mol. The summed E-state index contributed by atoms with van der Waals surface area (Å²) in [6, 6.07) is 5.74. The van der Waals surface area contributed by atoms with Gasteiger partial charge in [0.15, 0.2) is 0 Å². The summed E-state index contributed by atoms with van der Waals surface area (Å²) in [4.78, 5) is 13.3. The van der Waals surface area contributed by atoms with Crippen molar-refractivity contribution in [2.24, 2.45) is 0 Å². The van der Waals surface area contributed by atoms with Crippen molar-refractivity contribution in [1.82, 2.24) is 4.98 Å². The Bertz CT molecular complexity index is 577. The summed E-state index contributed by atoms with van der Waals surface area (Å²) in [6.07, 6.45) is 2.19. The van der Waals surface area contributed by atoms with Gasteiger partial charge in [0, 0.05) is 12.8 Å². The number of aliphatic hydroxyl groups is 1. The van der Waals surface area contributed by atoms with Crippen LogP contribution in [-0.4, -0.2) is 26.7 Å². The molecule has 0 fully saturated rings. The molecular weight excluding hydrogens is 236 g/mol. The van der Waals surface area contributed by atoms with Crippen LogP contribution >= 0.6 is 0 Å². The number of hydrogen-bond acceptors (Lipinski definition) is 4. The highest BCUT2D eigenvalue weighted by atomic mass is 16.6. The maximum Gasteiger partial charge on any atom is 0.282 e. The van der Waals surface area contributed by atoms with Crippen LogP contribution in [0.3, 0.4) is 0 Å². The van der Waals surface area contributed by atoms with Gasteiger partial charge < -0.3 is 15.2 Å². The molecule has 0 saturated carbocycles.